The van der Waals surface area contributed by atoms with Gasteiger partial charge >= 0.3 is 11.9 Å². The number of ether oxygens (including phenoxy) is 1. The molecule has 33 heavy (non-hydrogen) atoms. The third-order valence-corrected chi connectivity index (χ3v) is 7.13. The fraction of sp³-hybridized carbons (Fsp3) is 0.769. The molecule has 2 rings (SSSR count). The van der Waals surface area contributed by atoms with Crippen molar-refractivity contribution in [2.75, 3.05) is 0 Å². The maximum absolute atomic E-state index is 13.0. The number of carboxylic acid groups (broad SMARTS) is 1. The summed E-state index contributed by atoms with van der Waals surface area (Å²) in [5.41, 5.74) is 0.367. The van der Waals surface area contributed by atoms with Crippen LogP contribution < -0.4 is 0 Å². The number of allylic oxidation sites excluding steroid dienone is 2. The molecular formula is C26H42O7. The zero-order chi connectivity index (χ0) is 24.8. The Hall–Kier alpha value is -1.70. The molecule has 0 aromatic carbocycles. The first-order valence-electron chi connectivity index (χ1n) is 12.3. The molecule has 0 radical (unpaired) electrons. The van der Waals surface area contributed by atoms with E-state index in [0.717, 1.165) is 24.8 Å². The van der Waals surface area contributed by atoms with Gasteiger partial charge in [-0.1, -0.05) is 44.9 Å². The van der Waals surface area contributed by atoms with Crippen LogP contribution in [0.3, 0.4) is 0 Å². The van der Waals surface area contributed by atoms with E-state index in [9.17, 15) is 24.9 Å². The highest BCUT2D eigenvalue weighted by Crippen LogP contribution is 2.44. The Morgan fingerprint density at radius 2 is 1.94 bits per heavy atom. The number of rotatable bonds is 12. The molecule has 0 spiro atoms. The molecule has 4 N–H and O–H groups in total. The summed E-state index contributed by atoms with van der Waals surface area (Å²) in [5, 5.41) is 39.4. The number of esters is 1. The van der Waals surface area contributed by atoms with E-state index < -0.39 is 42.2 Å². The van der Waals surface area contributed by atoms with Crippen molar-refractivity contribution in [1.29, 1.82) is 0 Å². The SMILES string of the molecule is CCCCC(C)(C)C(=O)O[C@H]1C[C@H](O)C=C2C=C[C@H](C)[C@H](CC[C@@H](O)C[C@@H](O)CC(=O)O)[C@H]21. The van der Waals surface area contributed by atoms with Gasteiger partial charge in [-0.05, 0) is 56.9 Å². The van der Waals surface area contributed by atoms with Crippen molar-refractivity contribution in [1.82, 2.24) is 0 Å². The fourth-order valence-corrected chi connectivity index (χ4v) is 5.11. The molecule has 2 aliphatic carbocycles. The molecule has 0 fully saturated rings. The first-order valence-corrected chi connectivity index (χ1v) is 12.3. The monoisotopic (exact) mass is 466 g/mol. The van der Waals surface area contributed by atoms with E-state index in [-0.39, 0.29) is 30.1 Å². The van der Waals surface area contributed by atoms with Crippen LogP contribution >= 0.6 is 0 Å². The third-order valence-electron chi connectivity index (χ3n) is 7.13. The molecule has 7 atom stereocenters. The van der Waals surface area contributed by atoms with Gasteiger partial charge in [0.2, 0.25) is 0 Å². The average Bonchev–Trinajstić information content (AvgIpc) is 2.70. The lowest BCUT2D eigenvalue weighted by molar-refractivity contribution is -0.165. The zero-order valence-corrected chi connectivity index (χ0v) is 20.4. The van der Waals surface area contributed by atoms with Crippen molar-refractivity contribution in [3.63, 3.8) is 0 Å². The van der Waals surface area contributed by atoms with Crippen LogP contribution in [-0.4, -0.2) is 56.8 Å². The van der Waals surface area contributed by atoms with E-state index in [1.54, 1.807) is 0 Å². The van der Waals surface area contributed by atoms with Gasteiger partial charge in [0, 0.05) is 12.3 Å². The maximum atomic E-state index is 13.0. The van der Waals surface area contributed by atoms with E-state index in [1.165, 1.54) is 0 Å². The van der Waals surface area contributed by atoms with Gasteiger partial charge in [0.1, 0.15) is 6.10 Å². The van der Waals surface area contributed by atoms with Crippen molar-refractivity contribution in [3.8, 4) is 0 Å². The van der Waals surface area contributed by atoms with Crippen LogP contribution in [-0.2, 0) is 14.3 Å². The van der Waals surface area contributed by atoms with Gasteiger partial charge in [-0.15, -0.1) is 0 Å². The van der Waals surface area contributed by atoms with Crippen LogP contribution in [0.1, 0.15) is 79.1 Å². The Labute approximate surface area is 197 Å². The molecule has 7 heteroatoms. The molecule has 188 valence electrons. The van der Waals surface area contributed by atoms with Gasteiger partial charge in [-0.3, -0.25) is 9.59 Å². The highest BCUT2D eigenvalue weighted by Gasteiger charge is 2.43. The molecule has 0 aromatic rings. The van der Waals surface area contributed by atoms with Crippen LogP contribution in [0.2, 0.25) is 0 Å². The first kappa shape index (κ1) is 27.5. The number of unbranched alkanes of at least 4 members (excludes halogenated alkanes) is 1. The van der Waals surface area contributed by atoms with Gasteiger partial charge in [0.15, 0.2) is 0 Å². The topological polar surface area (TPSA) is 124 Å². The van der Waals surface area contributed by atoms with Crippen LogP contribution in [0.25, 0.3) is 0 Å². The second kappa shape index (κ2) is 12.1. The van der Waals surface area contributed by atoms with Crippen molar-refractivity contribution in [2.24, 2.45) is 23.2 Å². The number of aliphatic carboxylic acids is 1. The first-order chi connectivity index (χ1) is 15.4. The van der Waals surface area contributed by atoms with Gasteiger partial charge in [0.25, 0.3) is 0 Å². The molecule has 0 saturated heterocycles. The number of aliphatic hydroxyl groups is 3. The van der Waals surface area contributed by atoms with Crippen LogP contribution in [0, 0.1) is 23.2 Å². The Morgan fingerprint density at radius 3 is 2.58 bits per heavy atom. The minimum absolute atomic E-state index is 0.0132. The Bertz CT molecular complexity index is 726. The largest absolute Gasteiger partial charge is 0.481 e. The molecule has 0 saturated carbocycles. The third kappa shape index (κ3) is 7.94. The molecule has 0 unspecified atom stereocenters. The molecule has 0 bridgehead atoms. The summed E-state index contributed by atoms with van der Waals surface area (Å²) >= 11 is 0. The van der Waals surface area contributed by atoms with Gasteiger partial charge in [-0.2, -0.15) is 0 Å². The van der Waals surface area contributed by atoms with E-state index in [4.69, 9.17) is 9.84 Å². The minimum atomic E-state index is -1.09. The molecule has 0 heterocycles. The van der Waals surface area contributed by atoms with Gasteiger partial charge < -0.3 is 25.2 Å². The lowest BCUT2D eigenvalue weighted by Crippen LogP contribution is -2.44. The number of hydrogen-bond acceptors (Lipinski definition) is 6. The Balaban J connectivity index is 2.12. The predicted octanol–water partition coefficient (Wildman–Crippen LogP) is 3.61. The van der Waals surface area contributed by atoms with E-state index in [1.807, 2.05) is 26.0 Å². The highest BCUT2D eigenvalue weighted by molar-refractivity contribution is 5.76. The average molecular weight is 467 g/mol. The van der Waals surface area contributed by atoms with Crippen molar-refractivity contribution in [2.45, 2.75) is 103 Å². The maximum Gasteiger partial charge on any atom is 0.311 e. The molecule has 0 aliphatic heterocycles. The van der Waals surface area contributed by atoms with Crippen molar-refractivity contribution < 1.29 is 34.8 Å². The van der Waals surface area contributed by atoms with Gasteiger partial charge in [0.05, 0.1) is 30.1 Å². The highest BCUT2D eigenvalue weighted by atomic mass is 16.5. The standard InChI is InChI=1S/C26H42O7/c1-5-6-11-26(3,4)25(32)33-22-14-19(28)12-17-8-7-16(2)21(24(17)22)10-9-18(27)13-20(29)15-23(30)31/h7-8,12,16,18-22,24,27-29H,5-6,9-11,13-15H2,1-4H3,(H,30,31)/t16-,18+,19+,20+,21-,22-,24-/m0/s1. The lowest BCUT2D eigenvalue weighted by atomic mass is 9.66. The summed E-state index contributed by atoms with van der Waals surface area (Å²) in [4.78, 5) is 23.8. The fourth-order valence-electron chi connectivity index (χ4n) is 5.11. The zero-order valence-electron chi connectivity index (χ0n) is 20.4. The Morgan fingerprint density at radius 1 is 1.24 bits per heavy atom. The summed E-state index contributed by atoms with van der Waals surface area (Å²) in [5.74, 6) is -1.13. The summed E-state index contributed by atoms with van der Waals surface area (Å²) in [6, 6.07) is 0. The number of aliphatic hydroxyl groups excluding tert-OH is 3. The smallest absolute Gasteiger partial charge is 0.311 e. The number of fused-ring (bicyclic) bond motifs is 1. The quantitative estimate of drug-likeness (QED) is 0.324. The summed E-state index contributed by atoms with van der Waals surface area (Å²) in [6.45, 7) is 7.99. The second-order valence-electron chi connectivity index (χ2n) is 10.5. The van der Waals surface area contributed by atoms with E-state index in [2.05, 4.69) is 19.9 Å². The van der Waals surface area contributed by atoms with Crippen LogP contribution in [0.5, 0.6) is 0 Å². The molecule has 0 amide bonds. The lowest BCUT2D eigenvalue weighted by Gasteiger charge is -2.43. The number of hydrogen-bond donors (Lipinski definition) is 4. The normalized spacial score (nSPS) is 29.1. The molecule has 7 nitrogen and oxygen atoms in total. The summed E-state index contributed by atoms with van der Waals surface area (Å²) in [7, 11) is 0. The van der Waals surface area contributed by atoms with E-state index in [0.29, 0.717) is 19.3 Å². The summed E-state index contributed by atoms with van der Waals surface area (Å²) < 4.78 is 6.05. The Kier molecular flexibility index (Phi) is 10.1. The minimum Gasteiger partial charge on any atom is -0.481 e. The van der Waals surface area contributed by atoms with E-state index >= 15 is 0 Å². The second-order valence-corrected chi connectivity index (χ2v) is 10.5. The summed E-state index contributed by atoms with van der Waals surface area (Å²) in [6.07, 6.45) is 6.61. The van der Waals surface area contributed by atoms with Crippen molar-refractivity contribution >= 4 is 11.9 Å². The number of carbonyl (C=O) groups excluding carboxylic acids is 1. The molecular weight excluding hydrogens is 424 g/mol. The molecule has 0 aromatic heterocycles. The van der Waals surface area contributed by atoms with Crippen LogP contribution in [0.4, 0.5) is 0 Å². The molecule has 2 aliphatic rings. The number of carbonyl (C=O) groups is 2. The predicted molar refractivity (Wildman–Crippen MR) is 125 cm³/mol. The van der Waals surface area contributed by atoms with Crippen LogP contribution in [0.15, 0.2) is 23.8 Å². The van der Waals surface area contributed by atoms with Gasteiger partial charge in [-0.25, -0.2) is 0 Å². The van der Waals surface area contributed by atoms with Crippen molar-refractivity contribution in [3.05, 3.63) is 23.8 Å². The number of carboxylic acids is 1.